The number of nitrogens with one attached hydrogen (secondary N) is 1. The molecule has 0 saturated carbocycles. The summed E-state index contributed by atoms with van der Waals surface area (Å²) in [5, 5.41) is 4.47. The van der Waals surface area contributed by atoms with Gasteiger partial charge in [-0.25, -0.2) is 0 Å². The number of benzene rings is 1. The number of hydrogen-bond acceptors (Lipinski definition) is 3. The van der Waals surface area contributed by atoms with Crippen LogP contribution in [0.3, 0.4) is 0 Å². The van der Waals surface area contributed by atoms with Gasteiger partial charge in [-0.05, 0) is 45.5 Å². The Morgan fingerprint density at radius 3 is 2.74 bits per heavy atom. The van der Waals surface area contributed by atoms with Gasteiger partial charge in [-0.3, -0.25) is 4.98 Å². The molecule has 1 N–H and O–H groups in total. The maximum atomic E-state index is 5.87. The average Bonchev–Trinajstić information content (AvgIpc) is 2.38. The van der Waals surface area contributed by atoms with E-state index in [-0.39, 0.29) is 11.6 Å². The molecule has 0 aliphatic heterocycles. The molecule has 102 valence electrons. The molecule has 1 unspecified atom stereocenters. The van der Waals surface area contributed by atoms with Crippen LogP contribution in [0.4, 0.5) is 0 Å². The van der Waals surface area contributed by atoms with Crippen LogP contribution in [0.1, 0.15) is 32.4 Å². The van der Waals surface area contributed by atoms with Gasteiger partial charge in [0.15, 0.2) is 0 Å². The van der Waals surface area contributed by atoms with Gasteiger partial charge in [0, 0.05) is 11.6 Å². The van der Waals surface area contributed by atoms with Gasteiger partial charge in [0.05, 0.1) is 23.8 Å². The van der Waals surface area contributed by atoms with Gasteiger partial charge in [0.1, 0.15) is 0 Å². The molecule has 19 heavy (non-hydrogen) atoms. The van der Waals surface area contributed by atoms with Crippen molar-refractivity contribution in [1.82, 2.24) is 10.3 Å². The number of fused-ring (bicyclic) bond motifs is 1. The average molecular weight is 258 g/mol. The molecule has 0 bridgehead atoms. The number of rotatable bonds is 4. The number of aromatic nitrogens is 1. The summed E-state index contributed by atoms with van der Waals surface area (Å²) in [6.45, 7) is 6.86. The SMILES string of the molecule is CNC(COC(C)(C)C)c1ccc2cccnc2c1. The predicted molar refractivity (Wildman–Crippen MR) is 79.2 cm³/mol. The fraction of sp³-hybridized carbons (Fsp3) is 0.438. The summed E-state index contributed by atoms with van der Waals surface area (Å²) in [6.07, 6.45) is 1.83. The molecule has 0 aliphatic rings. The van der Waals surface area contributed by atoms with Gasteiger partial charge in [-0.15, -0.1) is 0 Å². The van der Waals surface area contributed by atoms with Crippen molar-refractivity contribution < 1.29 is 4.74 Å². The summed E-state index contributed by atoms with van der Waals surface area (Å²) in [5.41, 5.74) is 2.11. The molecule has 0 radical (unpaired) electrons. The first-order valence-electron chi connectivity index (χ1n) is 6.65. The highest BCUT2D eigenvalue weighted by molar-refractivity contribution is 5.78. The Bertz CT molecular complexity index is 546. The number of nitrogens with zero attached hydrogens (tertiary/aromatic N) is 1. The van der Waals surface area contributed by atoms with E-state index in [1.165, 1.54) is 5.56 Å². The third kappa shape index (κ3) is 3.75. The van der Waals surface area contributed by atoms with Crippen LogP contribution in [0.25, 0.3) is 10.9 Å². The minimum Gasteiger partial charge on any atom is -0.374 e. The van der Waals surface area contributed by atoms with Crippen molar-refractivity contribution in [3.05, 3.63) is 42.1 Å². The lowest BCUT2D eigenvalue weighted by atomic mass is 10.0. The second-order valence-corrected chi connectivity index (χ2v) is 5.72. The summed E-state index contributed by atoms with van der Waals surface area (Å²) in [4.78, 5) is 4.40. The summed E-state index contributed by atoms with van der Waals surface area (Å²) in [6, 6.07) is 10.6. The molecule has 3 nitrogen and oxygen atoms in total. The smallest absolute Gasteiger partial charge is 0.0705 e. The van der Waals surface area contributed by atoms with Crippen molar-refractivity contribution in [3.8, 4) is 0 Å². The molecule has 0 spiro atoms. The largest absolute Gasteiger partial charge is 0.374 e. The first-order valence-corrected chi connectivity index (χ1v) is 6.65. The van der Waals surface area contributed by atoms with E-state index in [1.54, 1.807) is 0 Å². The third-order valence-corrected chi connectivity index (χ3v) is 3.06. The van der Waals surface area contributed by atoms with E-state index in [2.05, 4.69) is 55.3 Å². The fourth-order valence-electron chi connectivity index (χ4n) is 1.98. The van der Waals surface area contributed by atoms with Crippen molar-refractivity contribution in [2.45, 2.75) is 32.4 Å². The lowest BCUT2D eigenvalue weighted by Gasteiger charge is -2.24. The van der Waals surface area contributed by atoms with Gasteiger partial charge in [0.2, 0.25) is 0 Å². The molecule has 0 amide bonds. The minimum absolute atomic E-state index is 0.121. The van der Waals surface area contributed by atoms with E-state index in [0.29, 0.717) is 6.61 Å². The van der Waals surface area contributed by atoms with Gasteiger partial charge < -0.3 is 10.1 Å². The second-order valence-electron chi connectivity index (χ2n) is 5.72. The Morgan fingerprint density at radius 2 is 2.05 bits per heavy atom. The van der Waals surface area contributed by atoms with Crippen LogP contribution in [-0.2, 0) is 4.74 Å². The van der Waals surface area contributed by atoms with E-state index < -0.39 is 0 Å². The predicted octanol–water partition coefficient (Wildman–Crippen LogP) is 3.31. The summed E-state index contributed by atoms with van der Waals surface area (Å²) >= 11 is 0. The Hall–Kier alpha value is -1.45. The van der Waals surface area contributed by atoms with E-state index in [4.69, 9.17) is 4.74 Å². The first kappa shape index (κ1) is 14.0. The van der Waals surface area contributed by atoms with Gasteiger partial charge >= 0.3 is 0 Å². The van der Waals surface area contributed by atoms with Crippen molar-refractivity contribution in [2.75, 3.05) is 13.7 Å². The number of pyridine rings is 1. The fourth-order valence-corrected chi connectivity index (χ4v) is 1.98. The second kappa shape index (κ2) is 5.68. The molecular weight excluding hydrogens is 236 g/mol. The van der Waals surface area contributed by atoms with Gasteiger partial charge in [0.25, 0.3) is 0 Å². The Kier molecular flexibility index (Phi) is 4.17. The van der Waals surface area contributed by atoms with Crippen molar-refractivity contribution in [1.29, 1.82) is 0 Å². The van der Waals surface area contributed by atoms with E-state index in [0.717, 1.165) is 10.9 Å². The maximum absolute atomic E-state index is 5.87. The third-order valence-electron chi connectivity index (χ3n) is 3.06. The molecular formula is C16H22N2O. The Morgan fingerprint density at radius 1 is 1.26 bits per heavy atom. The highest BCUT2D eigenvalue weighted by Crippen LogP contribution is 2.20. The molecule has 0 aliphatic carbocycles. The van der Waals surface area contributed by atoms with Gasteiger partial charge in [-0.2, -0.15) is 0 Å². The number of likely N-dealkylation sites (N-methyl/N-ethyl adjacent to an activating group) is 1. The van der Waals surface area contributed by atoms with Gasteiger partial charge in [-0.1, -0.05) is 18.2 Å². The molecule has 2 aromatic rings. The zero-order chi connectivity index (χ0) is 13.9. The zero-order valence-electron chi connectivity index (χ0n) is 12.1. The normalized spacial score (nSPS) is 13.7. The molecule has 1 aromatic heterocycles. The Balaban J connectivity index is 2.20. The molecule has 1 atom stereocenters. The molecule has 2 rings (SSSR count). The van der Waals surface area contributed by atoms with Crippen LogP contribution in [0.2, 0.25) is 0 Å². The maximum Gasteiger partial charge on any atom is 0.0705 e. The summed E-state index contributed by atoms with van der Waals surface area (Å²) < 4.78 is 5.87. The highest BCUT2D eigenvalue weighted by atomic mass is 16.5. The van der Waals surface area contributed by atoms with Crippen molar-refractivity contribution in [2.24, 2.45) is 0 Å². The molecule has 0 fully saturated rings. The van der Waals surface area contributed by atoms with E-state index >= 15 is 0 Å². The van der Waals surface area contributed by atoms with Crippen LogP contribution >= 0.6 is 0 Å². The van der Waals surface area contributed by atoms with Crippen LogP contribution < -0.4 is 5.32 Å². The quantitative estimate of drug-likeness (QED) is 0.913. The van der Waals surface area contributed by atoms with Crippen molar-refractivity contribution in [3.63, 3.8) is 0 Å². The Labute approximate surface area is 115 Å². The highest BCUT2D eigenvalue weighted by Gasteiger charge is 2.16. The first-order chi connectivity index (χ1) is 8.99. The van der Waals surface area contributed by atoms with Crippen LogP contribution in [0.15, 0.2) is 36.5 Å². The van der Waals surface area contributed by atoms with E-state index in [1.807, 2.05) is 19.3 Å². The monoisotopic (exact) mass is 258 g/mol. The summed E-state index contributed by atoms with van der Waals surface area (Å²) in [5.74, 6) is 0. The molecule has 1 aromatic carbocycles. The molecule has 3 heteroatoms. The van der Waals surface area contributed by atoms with Crippen LogP contribution in [0, 0.1) is 0 Å². The topological polar surface area (TPSA) is 34.1 Å². The van der Waals surface area contributed by atoms with Crippen LogP contribution in [0.5, 0.6) is 0 Å². The summed E-state index contributed by atoms with van der Waals surface area (Å²) in [7, 11) is 1.96. The molecule has 1 heterocycles. The standard InChI is InChI=1S/C16H22N2O/c1-16(2,3)19-11-15(17-4)13-8-7-12-6-5-9-18-14(12)10-13/h5-10,15,17H,11H2,1-4H3. The lowest BCUT2D eigenvalue weighted by Crippen LogP contribution is -2.28. The number of hydrogen-bond donors (Lipinski definition) is 1. The van der Waals surface area contributed by atoms with Crippen LogP contribution in [-0.4, -0.2) is 24.2 Å². The minimum atomic E-state index is -0.121. The zero-order valence-corrected chi connectivity index (χ0v) is 12.1. The number of ether oxygens (including phenoxy) is 1. The van der Waals surface area contributed by atoms with Crippen molar-refractivity contribution >= 4 is 10.9 Å². The molecule has 0 saturated heterocycles. The van der Waals surface area contributed by atoms with E-state index in [9.17, 15) is 0 Å². The lowest BCUT2D eigenvalue weighted by molar-refractivity contribution is -0.0139.